The molecule has 0 amide bonds. The zero-order chi connectivity index (χ0) is 19.0. The molecule has 0 N–H and O–H groups in total. The molecule has 1 aromatic carbocycles. The molecule has 6 nitrogen and oxygen atoms in total. The normalized spacial score (nSPS) is 13.0. The van der Waals surface area contributed by atoms with E-state index >= 15 is 0 Å². The Balaban J connectivity index is 1.82. The molecule has 0 radical (unpaired) electrons. The van der Waals surface area contributed by atoms with Crippen LogP contribution in [-0.2, 0) is 19.6 Å². The first-order valence-corrected chi connectivity index (χ1v) is 9.26. The Morgan fingerprint density at radius 2 is 2.00 bits per heavy atom. The van der Waals surface area contributed by atoms with Crippen molar-refractivity contribution in [3.05, 3.63) is 69.7 Å². The highest BCUT2D eigenvalue weighted by atomic mass is 35.5. The summed E-state index contributed by atoms with van der Waals surface area (Å²) in [5.41, 5.74) is 1.62. The summed E-state index contributed by atoms with van der Waals surface area (Å²) >= 11 is 5.86. The molecule has 0 saturated heterocycles. The summed E-state index contributed by atoms with van der Waals surface area (Å²) in [6, 6.07) is 12.8. The van der Waals surface area contributed by atoms with Gasteiger partial charge in [0.25, 0.3) is 0 Å². The van der Waals surface area contributed by atoms with Crippen LogP contribution in [0, 0.1) is 0 Å². The van der Waals surface area contributed by atoms with Gasteiger partial charge in [-0.2, -0.15) is 4.57 Å². The Bertz CT molecular complexity index is 1030. The number of anilines is 1. The molecule has 4 rings (SSSR count). The molecule has 0 atom stereocenters. The van der Waals surface area contributed by atoms with Crippen LogP contribution in [0.2, 0.25) is 5.15 Å². The van der Waals surface area contributed by atoms with Gasteiger partial charge in [-0.1, -0.05) is 48.0 Å². The summed E-state index contributed by atoms with van der Waals surface area (Å²) in [6.07, 6.45) is 1.72. The summed E-state index contributed by atoms with van der Waals surface area (Å²) in [5, 5.41) is 13.5. The number of benzene rings is 1. The van der Waals surface area contributed by atoms with E-state index in [0.29, 0.717) is 42.8 Å². The van der Waals surface area contributed by atoms with Crippen molar-refractivity contribution >= 4 is 17.5 Å². The van der Waals surface area contributed by atoms with Gasteiger partial charge in [-0.05, 0) is 18.6 Å². The molecule has 138 valence electrons. The molecule has 0 unspecified atom stereocenters. The molecular formula is C20H19ClN4O2. The third-order valence-electron chi connectivity index (χ3n) is 4.82. The summed E-state index contributed by atoms with van der Waals surface area (Å²) in [6.45, 7) is 4.18. The molecule has 7 heteroatoms. The van der Waals surface area contributed by atoms with E-state index in [1.807, 2.05) is 36.1 Å². The van der Waals surface area contributed by atoms with E-state index < -0.39 is 0 Å². The molecule has 0 bridgehead atoms. The van der Waals surface area contributed by atoms with Crippen LogP contribution < -0.4 is 20.1 Å². The van der Waals surface area contributed by atoms with Gasteiger partial charge in [0.1, 0.15) is 11.7 Å². The predicted molar refractivity (Wildman–Crippen MR) is 102 cm³/mol. The maximum Gasteiger partial charge on any atom is 0.362 e. The number of halogens is 1. The lowest BCUT2D eigenvalue weighted by Gasteiger charge is -2.20. The fourth-order valence-corrected chi connectivity index (χ4v) is 3.67. The number of aromatic nitrogens is 3. The van der Waals surface area contributed by atoms with Crippen LogP contribution in [0.5, 0.6) is 5.88 Å². The molecule has 3 heterocycles. The minimum Gasteiger partial charge on any atom is -0.848 e. The van der Waals surface area contributed by atoms with Crippen LogP contribution in [0.25, 0.3) is 11.1 Å². The van der Waals surface area contributed by atoms with Gasteiger partial charge in [-0.15, -0.1) is 0 Å². The highest BCUT2D eigenvalue weighted by Gasteiger charge is 2.33. The maximum atomic E-state index is 13.1. The van der Waals surface area contributed by atoms with Gasteiger partial charge in [0.2, 0.25) is 0 Å². The number of hydrogen-bond donors (Lipinski definition) is 0. The minimum atomic E-state index is -0.249. The topological polar surface area (TPSA) is 65.1 Å². The molecule has 0 aliphatic carbocycles. The fourth-order valence-electron chi connectivity index (χ4n) is 3.56. The lowest BCUT2D eigenvalue weighted by molar-refractivity contribution is -0.715. The van der Waals surface area contributed by atoms with Crippen molar-refractivity contribution in [2.45, 2.75) is 26.6 Å². The molecule has 27 heavy (non-hydrogen) atoms. The monoisotopic (exact) mass is 382 g/mol. The first kappa shape index (κ1) is 17.5. The van der Waals surface area contributed by atoms with Gasteiger partial charge >= 0.3 is 11.5 Å². The van der Waals surface area contributed by atoms with Crippen LogP contribution in [0.1, 0.15) is 12.5 Å². The van der Waals surface area contributed by atoms with Crippen molar-refractivity contribution in [3.63, 3.8) is 0 Å². The Kier molecular flexibility index (Phi) is 4.58. The SMILES string of the molecule is CCn1c2[n+](c([O-])c(-c3ccccc3)c1=O)CCN2Cc1ccc(Cl)nc1. The van der Waals surface area contributed by atoms with Gasteiger partial charge in [0, 0.05) is 17.6 Å². The van der Waals surface area contributed by atoms with E-state index in [1.165, 1.54) is 0 Å². The quantitative estimate of drug-likeness (QED) is 0.511. The highest BCUT2D eigenvalue weighted by Crippen LogP contribution is 2.26. The smallest absolute Gasteiger partial charge is 0.362 e. The molecule has 2 aromatic heterocycles. The van der Waals surface area contributed by atoms with Gasteiger partial charge < -0.3 is 5.11 Å². The number of hydrogen-bond acceptors (Lipinski definition) is 4. The van der Waals surface area contributed by atoms with E-state index in [1.54, 1.807) is 33.5 Å². The minimum absolute atomic E-state index is 0.233. The summed E-state index contributed by atoms with van der Waals surface area (Å²) < 4.78 is 3.39. The molecule has 0 saturated carbocycles. The van der Waals surface area contributed by atoms with Crippen LogP contribution in [0.4, 0.5) is 5.95 Å². The average molecular weight is 383 g/mol. The zero-order valence-electron chi connectivity index (χ0n) is 14.9. The van der Waals surface area contributed by atoms with Crippen molar-refractivity contribution in [2.75, 3.05) is 11.4 Å². The molecule has 0 spiro atoms. The fraction of sp³-hybridized carbons (Fsp3) is 0.250. The van der Waals surface area contributed by atoms with Crippen molar-refractivity contribution in [1.29, 1.82) is 0 Å². The van der Waals surface area contributed by atoms with Crippen molar-refractivity contribution in [1.82, 2.24) is 9.55 Å². The van der Waals surface area contributed by atoms with Crippen LogP contribution in [0.3, 0.4) is 0 Å². The van der Waals surface area contributed by atoms with Gasteiger partial charge in [0.05, 0.1) is 25.2 Å². The Labute approximate surface area is 161 Å². The largest absolute Gasteiger partial charge is 0.848 e. The van der Waals surface area contributed by atoms with E-state index in [2.05, 4.69) is 4.98 Å². The standard InChI is InChI=1S/C20H19ClN4O2/c1-2-24-18(26)17(15-6-4-3-5-7-15)19(27)25-11-10-23(20(24)25)13-14-8-9-16(21)22-12-14/h3-9,12H,2,10-11,13H2,1H3. The molecule has 3 aromatic rings. The third kappa shape index (κ3) is 3.06. The third-order valence-corrected chi connectivity index (χ3v) is 5.04. The Morgan fingerprint density at radius 1 is 1.22 bits per heavy atom. The molecule has 0 fully saturated rings. The predicted octanol–water partition coefficient (Wildman–Crippen LogP) is 1.96. The number of rotatable bonds is 4. The van der Waals surface area contributed by atoms with E-state index in [-0.39, 0.29) is 17.0 Å². The second-order valence-electron chi connectivity index (χ2n) is 6.46. The summed E-state index contributed by atoms with van der Waals surface area (Å²) in [7, 11) is 0. The summed E-state index contributed by atoms with van der Waals surface area (Å²) in [4.78, 5) is 19.3. The van der Waals surface area contributed by atoms with E-state index in [0.717, 1.165) is 5.56 Å². The maximum absolute atomic E-state index is 13.1. The van der Waals surface area contributed by atoms with Crippen LogP contribution in [-0.4, -0.2) is 16.1 Å². The van der Waals surface area contributed by atoms with Crippen molar-refractivity contribution < 1.29 is 9.67 Å². The van der Waals surface area contributed by atoms with Gasteiger partial charge in [-0.3, -0.25) is 9.69 Å². The second-order valence-corrected chi connectivity index (χ2v) is 6.85. The average Bonchev–Trinajstić information content (AvgIpc) is 3.09. The molecule has 1 aliphatic rings. The van der Waals surface area contributed by atoms with E-state index in [9.17, 15) is 9.90 Å². The summed E-state index contributed by atoms with van der Waals surface area (Å²) in [5.74, 6) is 0.421. The first-order valence-electron chi connectivity index (χ1n) is 8.88. The molecule has 1 aliphatic heterocycles. The van der Waals surface area contributed by atoms with Gasteiger partial charge in [0.15, 0.2) is 0 Å². The molecular weight excluding hydrogens is 364 g/mol. The zero-order valence-corrected chi connectivity index (χ0v) is 15.7. The number of pyridine rings is 1. The van der Waals surface area contributed by atoms with E-state index in [4.69, 9.17) is 11.6 Å². The highest BCUT2D eigenvalue weighted by molar-refractivity contribution is 6.29. The second kappa shape index (κ2) is 7.04. The Hall–Kier alpha value is -2.86. The lowest BCUT2D eigenvalue weighted by atomic mass is 10.1. The van der Waals surface area contributed by atoms with Gasteiger partial charge in [-0.25, -0.2) is 9.55 Å². The Morgan fingerprint density at radius 3 is 2.67 bits per heavy atom. The number of nitrogens with zero attached hydrogens (tertiary/aromatic N) is 4. The van der Waals surface area contributed by atoms with Crippen molar-refractivity contribution in [3.8, 4) is 17.0 Å². The van der Waals surface area contributed by atoms with Crippen LogP contribution in [0.15, 0.2) is 53.5 Å². The first-order chi connectivity index (χ1) is 13.1. The van der Waals surface area contributed by atoms with Crippen molar-refractivity contribution in [2.24, 2.45) is 0 Å². The van der Waals surface area contributed by atoms with Crippen LogP contribution >= 0.6 is 11.6 Å². The lowest BCUT2D eigenvalue weighted by Crippen LogP contribution is -2.44. The number of fused-ring (bicyclic) bond motifs is 1.